The molecule has 0 aromatic carbocycles. The van der Waals surface area contributed by atoms with Gasteiger partial charge in [-0.1, -0.05) is 11.6 Å². The molecular weight excluding hydrogens is 306 g/mol. The van der Waals surface area contributed by atoms with Crippen molar-refractivity contribution in [1.29, 1.82) is 0 Å². The minimum absolute atomic E-state index is 0.0729. The van der Waals surface area contributed by atoms with E-state index in [9.17, 15) is 9.59 Å². The van der Waals surface area contributed by atoms with Gasteiger partial charge < -0.3 is 16.0 Å². The van der Waals surface area contributed by atoms with Crippen LogP contribution in [0.4, 0.5) is 10.5 Å². The van der Waals surface area contributed by atoms with E-state index in [-0.39, 0.29) is 6.04 Å². The maximum atomic E-state index is 11.4. The van der Waals surface area contributed by atoms with Crippen LogP contribution < -0.4 is 16.0 Å². The summed E-state index contributed by atoms with van der Waals surface area (Å²) in [5.41, 5.74) is 6.52. The van der Waals surface area contributed by atoms with Crippen LogP contribution in [-0.4, -0.2) is 41.1 Å². The fourth-order valence-electron chi connectivity index (χ4n) is 2.86. The molecule has 3 N–H and O–H groups in total. The highest BCUT2D eigenvalue weighted by atomic mass is 35.5. The zero-order valence-corrected chi connectivity index (χ0v) is 12.5. The van der Waals surface area contributed by atoms with Gasteiger partial charge in [0.1, 0.15) is 0 Å². The Morgan fingerprint density at radius 1 is 1.59 bits per heavy atom. The van der Waals surface area contributed by atoms with E-state index in [1.807, 2.05) is 0 Å². The highest BCUT2D eigenvalue weighted by Gasteiger charge is 2.24. The molecule has 0 unspecified atom stereocenters. The maximum absolute atomic E-state index is 11.4. The second kappa shape index (κ2) is 5.84. The van der Waals surface area contributed by atoms with Crippen molar-refractivity contribution in [3.8, 4) is 0 Å². The molecule has 1 radical (unpaired) electrons. The van der Waals surface area contributed by atoms with E-state index in [1.165, 1.54) is 17.0 Å². The molecule has 2 aromatic heterocycles. The van der Waals surface area contributed by atoms with E-state index in [0.717, 1.165) is 25.1 Å². The largest absolute Gasteiger partial charge is 0.368 e. The molecule has 1 aliphatic heterocycles. The van der Waals surface area contributed by atoms with Gasteiger partial charge in [0, 0.05) is 31.4 Å². The molecular formula is C14H15ClN5O2. The van der Waals surface area contributed by atoms with Gasteiger partial charge >= 0.3 is 6.03 Å². The van der Waals surface area contributed by atoms with Gasteiger partial charge in [-0.2, -0.15) is 0 Å². The summed E-state index contributed by atoms with van der Waals surface area (Å²) in [6.45, 7) is 1.46. The average molecular weight is 321 g/mol. The summed E-state index contributed by atoms with van der Waals surface area (Å²) in [6, 6.07) is 2.46. The summed E-state index contributed by atoms with van der Waals surface area (Å²) < 4.78 is 1.24. The number of aromatic nitrogens is 2. The number of hydrogen-bond acceptors (Lipinski definition) is 4. The Hall–Kier alpha value is -2.28. The smallest absolute Gasteiger partial charge is 0.324 e. The van der Waals surface area contributed by atoms with Crippen molar-refractivity contribution in [2.24, 2.45) is 5.73 Å². The minimum Gasteiger partial charge on any atom is -0.368 e. The average Bonchev–Trinajstić information content (AvgIpc) is 2.91. The molecule has 3 rings (SSSR count). The second-order valence-electron chi connectivity index (χ2n) is 5.20. The topological polar surface area (TPSA) is 93.3 Å². The lowest BCUT2D eigenvalue weighted by molar-refractivity contribution is -0.110. The van der Waals surface area contributed by atoms with E-state index < -0.39 is 6.03 Å². The van der Waals surface area contributed by atoms with Crippen LogP contribution in [0.2, 0.25) is 5.02 Å². The van der Waals surface area contributed by atoms with Crippen LogP contribution in [0.15, 0.2) is 12.4 Å². The van der Waals surface area contributed by atoms with Crippen molar-refractivity contribution in [3.05, 3.63) is 23.5 Å². The number of fused-ring (bicyclic) bond motifs is 1. The number of nitrogens with one attached hydrogen (secondary N) is 1. The van der Waals surface area contributed by atoms with E-state index in [4.69, 9.17) is 17.3 Å². The first-order valence-corrected chi connectivity index (χ1v) is 7.31. The minimum atomic E-state index is -0.619. The number of halogens is 1. The van der Waals surface area contributed by atoms with Crippen LogP contribution in [0, 0.1) is 6.07 Å². The number of nitrogens with two attached hydrogens (primary N) is 1. The normalized spacial score (nSPS) is 18.4. The molecule has 115 valence electrons. The van der Waals surface area contributed by atoms with Gasteiger partial charge in [-0.15, -0.1) is 0 Å². The summed E-state index contributed by atoms with van der Waals surface area (Å²) in [7, 11) is 0. The summed E-state index contributed by atoms with van der Waals surface area (Å²) in [5, 5.41) is 3.94. The number of pyridine rings is 1. The molecule has 3 heterocycles. The number of nitrogens with zero attached hydrogens (tertiary/aromatic N) is 3. The van der Waals surface area contributed by atoms with Crippen molar-refractivity contribution in [1.82, 2.24) is 14.9 Å². The number of primary amides is 1. The number of anilines is 1. The van der Waals surface area contributed by atoms with Gasteiger partial charge in [-0.25, -0.2) is 9.78 Å². The van der Waals surface area contributed by atoms with Crippen LogP contribution in [-0.2, 0) is 4.79 Å². The van der Waals surface area contributed by atoms with Gasteiger partial charge in [0.2, 0.25) is 6.41 Å². The third-order valence-corrected chi connectivity index (χ3v) is 4.11. The summed E-state index contributed by atoms with van der Waals surface area (Å²) in [5.74, 6) is 0. The highest BCUT2D eigenvalue weighted by molar-refractivity contribution is 6.34. The van der Waals surface area contributed by atoms with E-state index >= 15 is 0 Å². The third-order valence-electron chi connectivity index (χ3n) is 3.83. The number of rotatable bonds is 3. The van der Waals surface area contributed by atoms with Crippen LogP contribution >= 0.6 is 11.6 Å². The van der Waals surface area contributed by atoms with Crippen molar-refractivity contribution in [2.45, 2.75) is 18.9 Å². The molecule has 8 heteroatoms. The molecule has 1 aliphatic rings. The predicted octanol–water partition coefficient (Wildman–Crippen LogP) is 1.13. The van der Waals surface area contributed by atoms with E-state index in [1.54, 1.807) is 0 Å². The summed E-state index contributed by atoms with van der Waals surface area (Å²) >= 11 is 6.31. The fraction of sp³-hybridized carbons (Fsp3) is 0.357. The van der Waals surface area contributed by atoms with Crippen LogP contribution in [0.1, 0.15) is 12.8 Å². The SMILES string of the molecule is NC(=O)n1c[c]c2c(N3CCC[C@@H](NC=O)C3)c(Cl)cnc21. The molecule has 1 saturated heterocycles. The summed E-state index contributed by atoms with van der Waals surface area (Å²) in [6.07, 6.45) is 5.54. The van der Waals surface area contributed by atoms with Crippen molar-refractivity contribution >= 4 is 40.8 Å². The Balaban J connectivity index is 2.04. The monoisotopic (exact) mass is 320 g/mol. The number of piperidine rings is 1. The molecule has 2 aromatic rings. The molecule has 0 bridgehead atoms. The Morgan fingerprint density at radius 2 is 2.41 bits per heavy atom. The van der Waals surface area contributed by atoms with E-state index in [2.05, 4.69) is 21.3 Å². The quantitative estimate of drug-likeness (QED) is 0.829. The van der Waals surface area contributed by atoms with Crippen molar-refractivity contribution in [2.75, 3.05) is 18.0 Å². The van der Waals surface area contributed by atoms with Gasteiger partial charge in [0.25, 0.3) is 0 Å². The molecule has 1 fully saturated rings. The lowest BCUT2D eigenvalue weighted by Gasteiger charge is -2.34. The van der Waals surface area contributed by atoms with Crippen LogP contribution in [0.25, 0.3) is 11.0 Å². The lowest BCUT2D eigenvalue weighted by atomic mass is 10.0. The molecule has 7 nitrogen and oxygen atoms in total. The first kappa shape index (κ1) is 14.6. The van der Waals surface area contributed by atoms with Crippen LogP contribution in [0.5, 0.6) is 0 Å². The highest BCUT2D eigenvalue weighted by Crippen LogP contribution is 2.34. The molecule has 0 saturated carbocycles. The number of hydrogen-bond donors (Lipinski definition) is 2. The first-order chi connectivity index (χ1) is 10.6. The maximum Gasteiger partial charge on any atom is 0.324 e. The molecule has 0 aliphatic carbocycles. The molecule has 0 spiro atoms. The van der Waals surface area contributed by atoms with Gasteiger partial charge in [-0.3, -0.25) is 9.36 Å². The van der Waals surface area contributed by atoms with Crippen LogP contribution in [0.3, 0.4) is 0 Å². The van der Waals surface area contributed by atoms with Crippen molar-refractivity contribution < 1.29 is 9.59 Å². The van der Waals surface area contributed by atoms with Gasteiger partial charge in [0.15, 0.2) is 5.65 Å². The Morgan fingerprint density at radius 3 is 3.14 bits per heavy atom. The molecule has 1 atom stereocenters. The Labute approximate surface area is 132 Å². The number of carbonyl (C=O) groups is 2. The standard InChI is InChI=1S/C14H15ClN5O2/c15-11-6-17-13-10(3-5-20(13)14(16)22)12(11)19-4-1-2-9(7-19)18-8-21/h5-6,8-9H,1-2,4,7H2,(H2,16,22)(H,18,21)/t9-/m1/s1. The second-order valence-corrected chi connectivity index (χ2v) is 5.61. The van der Waals surface area contributed by atoms with Crippen molar-refractivity contribution in [3.63, 3.8) is 0 Å². The van der Waals surface area contributed by atoms with Gasteiger partial charge in [0.05, 0.1) is 22.3 Å². The lowest BCUT2D eigenvalue weighted by Crippen LogP contribution is -2.45. The Bertz CT molecular complexity index is 729. The van der Waals surface area contributed by atoms with E-state index in [0.29, 0.717) is 29.0 Å². The zero-order valence-electron chi connectivity index (χ0n) is 11.8. The zero-order chi connectivity index (χ0) is 15.7. The summed E-state index contributed by atoms with van der Waals surface area (Å²) in [4.78, 5) is 28.3. The Kier molecular flexibility index (Phi) is 3.89. The first-order valence-electron chi connectivity index (χ1n) is 6.93. The number of carbonyl (C=O) groups excluding carboxylic acids is 2. The predicted molar refractivity (Wildman–Crippen MR) is 83.0 cm³/mol. The van der Waals surface area contributed by atoms with Gasteiger partial charge in [-0.05, 0) is 12.8 Å². The third kappa shape index (κ3) is 2.48. The fourth-order valence-corrected chi connectivity index (χ4v) is 3.13. The molecule has 2 amide bonds. The number of amides is 2. The molecule has 22 heavy (non-hydrogen) atoms.